The Balaban J connectivity index is 2.80. The molecule has 2 rings (SSSR count). The van der Waals surface area contributed by atoms with Crippen molar-refractivity contribution in [3.63, 3.8) is 0 Å². The van der Waals surface area contributed by atoms with Crippen molar-refractivity contribution in [3.8, 4) is 11.1 Å². The minimum atomic E-state index is -1.66. The third kappa shape index (κ3) is 4.47. The van der Waals surface area contributed by atoms with E-state index in [4.69, 9.17) is 10.1 Å². The summed E-state index contributed by atoms with van der Waals surface area (Å²) in [5.41, 5.74) is 1.54. The van der Waals surface area contributed by atoms with Crippen LogP contribution in [0.1, 0.15) is 36.7 Å². The summed E-state index contributed by atoms with van der Waals surface area (Å²) in [6.07, 6.45) is 1.86. The van der Waals surface area contributed by atoms with Gasteiger partial charge in [0.2, 0.25) is 0 Å². The van der Waals surface area contributed by atoms with Gasteiger partial charge in [-0.25, -0.2) is 9.18 Å². The first kappa shape index (κ1) is 21.3. The number of thioether (sulfide) groups is 1. The molecule has 0 saturated carbocycles. The van der Waals surface area contributed by atoms with Crippen LogP contribution in [0.4, 0.5) is 4.39 Å². The summed E-state index contributed by atoms with van der Waals surface area (Å²) >= 11 is 1.42. The first-order chi connectivity index (χ1) is 12.6. The first-order valence-electron chi connectivity index (χ1n) is 8.17. The van der Waals surface area contributed by atoms with Crippen LogP contribution in [-0.2, 0) is 15.5 Å². The van der Waals surface area contributed by atoms with Crippen molar-refractivity contribution in [1.29, 1.82) is 5.41 Å². The molecular formula is C20H22FNO3S2. The second-order valence-corrected chi connectivity index (χ2v) is 9.79. The molecule has 0 spiro atoms. The number of esters is 1. The van der Waals surface area contributed by atoms with Crippen LogP contribution in [0.15, 0.2) is 41.3 Å². The van der Waals surface area contributed by atoms with E-state index in [-0.39, 0.29) is 10.6 Å². The van der Waals surface area contributed by atoms with E-state index in [1.807, 2.05) is 12.3 Å². The van der Waals surface area contributed by atoms with E-state index in [0.29, 0.717) is 16.7 Å². The lowest BCUT2D eigenvalue weighted by Gasteiger charge is -2.21. The van der Waals surface area contributed by atoms with Crippen LogP contribution >= 0.6 is 11.8 Å². The predicted octanol–water partition coefficient (Wildman–Crippen LogP) is 4.87. The first-order valence-corrected chi connectivity index (χ1v) is 10.5. The fourth-order valence-electron chi connectivity index (χ4n) is 2.59. The molecule has 0 aliphatic carbocycles. The number of rotatable bonds is 4. The third-order valence-corrected chi connectivity index (χ3v) is 6.37. The van der Waals surface area contributed by atoms with Crippen molar-refractivity contribution in [3.05, 3.63) is 53.3 Å². The molecule has 7 heteroatoms. The van der Waals surface area contributed by atoms with Crippen molar-refractivity contribution in [2.24, 2.45) is 0 Å². The number of carbonyl (C=O) groups excluding carboxylic acids is 1. The van der Waals surface area contributed by atoms with Crippen LogP contribution in [0, 0.1) is 11.2 Å². The van der Waals surface area contributed by atoms with Crippen molar-refractivity contribution in [2.75, 3.05) is 13.4 Å². The number of hydrogen-bond donors (Lipinski definition) is 1. The molecule has 0 bridgehead atoms. The van der Waals surface area contributed by atoms with E-state index in [1.165, 1.54) is 37.1 Å². The molecule has 4 nitrogen and oxygen atoms in total. The Hall–Kier alpha value is -1.99. The van der Waals surface area contributed by atoms with Gasteiger partial charge in [-0.05, 0) is 56.9 Å². The van der Waals surface area contributed by atoms with E-state index in [0.717, 1.165) is 4.90 Å². The van der Waals surface area contributed by atoms with Crippen molar-refractivity contribution < 1.29 is 18.1 Å². The minimum Gasteiger partial charge on any atom is -0.465 e. The lowest BCUT2D eigenvalue weighted by molar-refractivity contribution is 0.0601. The second-order valence-electron chi connectivity index (χ2n) is 6.77. The number of nitrogens with one attached hydrogen (secondary N) is 1. The topological polar surface area (TPSA) is 67.2 Å². The Bertz CT molecular complexity index is 920. The zero-order valence-corrected chi connectivity index (χ0v) is 17.5. The summed E-state index contributed by atoms with van der Waals surface area (Å²) in [6, 6.07) is 9.18. The highest BCUT2D eigenvalue weighted by Crippen LogP contribution is 2.37. The lowest BCUT2D eigenvalue weighted by atomic mass is 9.95. The molecule has 2 aromatic carbocycles. The van der Waals surface area contributed by atoms with Crippen LogP contribution in [0.2, 0.25) is 0 Å². The van der Waals surface area contributed by atoms with Crippen molar-refractivity contribution in [1.82, 2.24) is 0 Å². The Labute approximate surface area is 165 Å². The molecule has 0 aromatic heterocycles. The summed E-state index contributed by atoms with van der Waals surface area (Å²) < 4.78 is 31.0. The summed E-state index contributed by atoms with van der Waals surface area (Å²) in [5, 5.41) is 8.26. The Morgan fingerprint density at radius 3 is 2.41 bits per heavy atom. The number of halogens is 1. The third-order valence-electron chi connectivity index (χ3n) is 3.89. The summed E-state index contributed by atoms with van der Waals surface area (Å²) in [6.45, 7) is 5.27. The molecule has 0 saturated heterocycles. The molecule has 1 unspecified atom stereocenters. The van der Waals surface area contributed by atoms with Gasteiger partial charge < -0.3 is 4.74 Å². The molecular weight excluding hydrogens is 385 g/mol. The lowest BCUT2D eigenvalue weighted by Crippen LogP contribution is -2.28. The maximum Gasteiger partial charge on any atom is 0.338 e. The van der Waals surface area contributed by atoms with E-state index in [1.54, 1.807) is 32.9 Å². The van der Waals surface area contributed by atoms with Crippen LogP contribution in [0.5, 0.6) is 0 Å². The van der Waals surface area contributed by atoms with Crippen LogP contribution < -0.4 is 0 Å². The van der Waals surface area contributed by atoms with E-state index >= 15 is 0 Å². The molecule has 0 radical (unpaired) electrons. The highest BCUT2D eigenvalue weighted by molar-refractivity contribution is 8.02. The van der Waals surface area contributed by atoms with Gasteiger partial charge in [-0.1, -0.05) is 12.1 Å². The zero-order chi connectivity index (χ0) is 20.4. The molecule has 0 fully saturated rings. The summed E-state index contributed by atoms with van der Waals surface area (Å²) in [7, 11) is -0.368. The molecule has 27 heavy (non-hydrogen) atoms. The predicted molar refractivity (Wildman–Crippen MR) is 110 cm³/mol. The number of carbonyl (C=O) groups is 1. The average Bonchev–Trinajstić information content (AvgIpc) is 2.64. The van der Waals surface area contributed by atoms with Gasteiger partial charge in [-0.3, -0.25) is 9.62 Å². The highest BCUT2D eigenvalue weighted by atomic mass is 32.2. The molecule has 0 amide bonds. The Morgan fingerprint density at radius 2 is 1.85 bits per heavy atom. The molecule has 0 aliphatic heterocycles. The number of hydrogen-bond acceptors (Lipinski definition) is 5. The van der Waals surface area contributed by atoms with Gasteiger partial charge >= 0.3 is 5.97 Å². The molecule has 0 aliphatic rings. The number of benzene rings is 2. The van der Waals surface area contributed by atoms with E-state index < -0.39 is 27.3 Å². The van der Waals surface area contributed by atoms with Gasteiger partial charge in [0.05, 0.1) is 23.5 Å². The van der Waals surface area contributed by atoms with Crippen molar-refractivity contribution >= 4 is 33.6 Å². The quantitative estimate of drug-likeness (QED) is 0.340. The Kier molecular flexibility index (Phi) is 6.59. The van der Waals surface area contributed by atoms with Gasteiger partial charge in [-0.15, -0.1) is 11.8 Å². The maximum atomic E-state index is 14.0. The van der Waals surface area contributed by atoms with E-state index in [9.17, 15) is 13.4 Å². The van der Waals surface area contributed by atoms with Gasteiger partial charge in [0.1, 0.15) is 10.9 Å². The van der Waals surface area contributed by atoms with Crippen LogP contribution in [0.25, 0.3) is 11.1 Å². The van der Waals surface area contributed by atoms with Gasteiger partial charge in [0.15, 0.2) is 0 Å². The minimum absolute atomic E-state index is 0.177. The van der Waals surface area contributed by atoms with Gasteiger partial charge in [0.25, 0.3) is 0 Å². The second kappa shape index (κ2) is 8.35. The van der Waals surface area contributed by atoms with Crippen molar-refractivity contribution in [2.45, 2.75) is 30.4 Å². The van der Waals surface area contributed by atoms with Gasteiger partial charge in [-0.2, -0.15) is 0 Å². The summed E-state index contributed by atoms with van der Waals surface area (Å²) in [5.74, 6) is -1.06. The normalized spacial score (nSPS) is 12.5. The van der Waals surface area contributed by atoms with E-state index in [2.05, 4.69) is 0 Å². The fourth-order valence-corrected chi connectivity index (χ4v) is 4.21. The fraction of sp³-hybridized carbons (Fsp3) is 0.300. The number of ether oxygens (including phenoxy) is 1. The smallest absolute Gasteiger partial charge is 0.338 e. The highest BCUT2D eigenvalue weighted by Gasteiger charge is 2.28. The molecule has 144 valence electrons. The SMILES string of the molecule is COC(=O)c1cccc(SC)c1-c1ccc(F)cc1C(=N)S(=O)C(C)(C)C. The van der Waals surface area contributed by atoms with Crippen LogP contribution in [-0.4, -0.2) is 33.3 Å². The maximum absolute atomic E-state index is 14.0. The molecule has 1 N–H and O–H groups in total. The molecule has 1 atom stereocenters. The largest absolute Gasteiger partial charge is 0.465 e. The summed E-state index contributed by atoms with van der Waals surface area (Å²) in [4.78, 5) is 13.1. The monoisotopic (exact) mass is 407 g/mol. The Morgan fingerprint density at radius 1 is 1.19 bits per heavy atom. The zero-order valence-electron chi connectivity index (χ0n) is 15.9. The average molecular weight is 408 g/mol. The molecule has 2 aromatic rings. The molecule has 0 heterocycles. The van der Waals surface area contributed by atoms with Crippen LogP contribution in [0.3, 0.4) is 0 Å². The van der Waals surface area contributed by atoms with Gasteiger partial charge in [0, 0.05) is 20.8 Å². The number of methoxy groups -OCH3 is 1. The standard InChI is InChI=1S/C20H22FNO3S2/c1-20(2,3)27(24)18(22)15-11-12(21)9-10-13(15)17-14(19(23)25-4)7-6-8-16(17)26-5/h6-11,22H,1-5H3.